The van der Waals surface area contributed by atoms with Crippen LogP contribution in [0.4, 0.5) is 5.69 Å². The Morgan fingerprint density at radius 2 is 2.00 bits per heavy atom. The van der Waals surface area contributed by atoms with E-state index in [4.69, 9.17) is 10.8 Å². The summed E-state index contributed by atoms with van der Waals surface area (Å²) in [6.07, 6.45) is 6.29. The summed E-state index contributed by atoms with van der Waals surface area (Å²) >= 11 is 1.73. The molecule has 0 unspecified atom stereocenters. The minimum Gasteiger partial charge on any atom is -0.478 e. The highest BCUT2D eigenvalue weighted by Gasteiger charge is 2.18. The van der Waals surface area contributed by atoms with Crippen molar-refractivity contribution >= 4 is 23.4 Å². The largest absolute Gasteiger partial charge is 0.478 e. The van der Waals surface area contributed by atoms with Crippen molar-refractivity contribution in [1.82, 2.24) is 0 Å². The van der Waals surface area contributed by atoms with Crippen LogP contribution >= 0.6 is 11.8 Å². The number of carbonyl (C=O) groups is 1. The van der Waals surface area contributed by atoms with Crippen LogP contribution < -0.4 is 5.73 Å². The third-order valence-electron chi connectivity index (χ3n) is 3.14. The van der Waals surface area contributed by atoms with Gasteiger partial charge in [-0.25, -0.2) is 4.79 Å². The Morgan fingerprint density at radius 3 is 2.65 bits per heavy atom. The molecule has 3 N–H and O–H groups in total. The van der Waals surface area contributed by atoms with E-state index in [1.54, 1.807) is 23.9 Å². The number of para-hydroxylation sites is 1. The van der Waals surface area contributed by atoms with Gasteiger partial charge in [0.15, 0.2) is 0 Å². The van der Waals surface area contributed by atoms with Gasteiger partial charge in [-0.15, -0.1) is 11.8 Å². The number of thioether (sulfide) groups is 1. The second-order valence-electron chi connectivity index (χ2n) is 4.40. The lowest BCUT2D eigenvalue weighted by Crippen LogP contribution is -2.09. The first kappa shape index (κ1) is 12.3. The van der Waals surface area contributed by atoms with Crippen LogP contribution in [0.5, 0.6) is 0 Å². The molecule has 0 atom stereocenters. The van der Waals surface area contributed by atoms with E-state index in [1.165, 1.54) is 32.1 Å². The zero-order valence-electron chi connectivity index (χ0n) is 9.69. The van der Waals surface area contributed by atoms with Gasteiger partial charge in [0.1, 0.15) is 0 Å². The first-order chi connectivity index (χ1) is 8.18. The number of carboxylic acid groups (broad SMARTS) is 1. The molecule has 3 nitrogen and oxygen atoms in total. The van der Waals surface area contributed by atoms with Gasteiger partial charge in [0.25, 0.3) is 0 Å². The fourth-order valence-electron chi connectivity index (χ4n) is 2.20. The van der Waals surface area contributed by atoms with Gasteiger partial charge < -0.3 is 10.8 Å². The molecular formula is C13H17NO2S. The van der Waals surface area contributed by atoms with Crippen LogP contribution in [0.15, 0.2) is 23.1 Å². The number of nitrogen functional groups attached to an aromatic ring is 1. The molecule has 0 saturated heterocycles. The molecule has 1 aliphatic rings. The van der Waals surface area contributed by atoms with Crippen LogP contribution in [0.1, 0.15) is 42.5 Å². The lowest BCUT2D eigenvalue weighted by atomic mass is 10.0. The third-order valence-corrected chi connectivity index (χ3v) is 4.56. The molecule has 0 aromatic heterocycles. The first-order valence-corrected chi connectivity index (χ1v) is 6.85. The summed E-state index contributed by atoms with van der Waals surface area (Å²) in [6.45, 7) is 0. The Bertz CT molecular complexity index is 414. The Balaban J connectivity index is 2.15. The van der Waals surface area contributed by atoms with Crippen molar-refractivity contribution in [2.24, 2.45) is 0 Å². The van der Waals surface area contributed by atoms with Crippen LogP contribution in [0.25, 0.3) is 0 Å². The molecule has 1 aromatic rings. The van der Waals surface area contributed by atoms with Crippen LogP contribution in [0, 0.1) is 0 Å². The molecule has 0 radical (unpaired) electrons. The van der Waals surface area contributed by atoms with E-state index in [9.17, 15) is 4.79 Å². The molecule has 1 saturated carbocycles. The van der Waals surface area contributed by atoms with Gasteiger partial charge >= 0.3 is 5.97 Å². The number of benzene rings is 1. The standard InChI is InChI=1S/C13H17NO2S/c14-12-10(13(15)16)7-4-8-11(12)17-9-5-2-1-3-6-9/h4,7-9H,1-3,5-6,14H2,(H,15,16). The topological polar surface area (TPSA) is 63.3 Å². The lowest BCUT2D eigenvalue weighted by molar-refractivity contribution is 0.0698. The normalized spacial score (nSPS) is 16.9. The maximum Gasteiger partial charge on any atom is 0.337 e. The van der Waals surface area contributed by atoms with Crippen molar-refractivity contribution in [2.45, 2.75) is 42.2 Å². The van der Waals surface area contributed by atoms with Crippen LogP contribution in [-0.2, 0) is 0 Å². The number of hydrogen-bond acceptors (Lipinski definition) is 3. The first-order valence-electron chi connectivity index (χ1n) is 5.97. The van der Waals surface area contributed by atoms with E-state index in [2.05, 4.69) is 0 Å². The van der Waals surface area contributed by atoms with Crippen molar-refractivity contribution < 1.29 is 9.90 Å². The maximum atomic E-state index is 11.0. The van der Waals surface area contributed by atoms with Crippen LogP contribution in [0.3, 0.4) is 0 Å². The van der Waals surface area contributed by atoms with Crippen molar-refractivity contribution in [3.63, 3.8) is 0 Å². The summed E-state index contributed by atoms with van der Waals surface area (Å²) in [5, 5.41) is 9.60. The van der Waals surface area contributed by atoms with Crippen molar-refractivity contribution in [2.75, 3.05) is 5.73 Å². The molecule has 1 aromatic carbocycles. The molecule has 2 rings (SSSR count). The highest BCUT2D eigenvalue weighted by molar-refractivity contribution is 8.00. The second kappa shape index (κ2) is 5.45. The summed E-state index contributed by atoms with van der Waals surface area (Å²) < 4.78 is 0. The number of carboxylic acids is 1. The zero-order valence-corrected chi connectivity index (χ0v) is 10.5. The molecule has 1 fully saturated rings. The van der Waals surface area contributed by atoms with E-state index >= 15 is 0 Å². The smallest absolute Gasteiger partial charge is 0.337 e. The fourth-order valence-corrected chi connectivity index (χ4v) is 3.52. The predicted molar refractivity (Wildman–Crippen MR) is 70.5 cm³/mol. The highest BCUT2D eigenvalue weighted by atomic mass is 32.2. The SMILES string of the molecule is Nc1c(SC2CCCCC2)cccc1C(=O)O. The fraction of sp³-hybridized carbons (Fsp3) is 0.462. The summed E-state index contributed by atoms with van der Waals surface area (Å²) in [5.41, 5.74) is 6.53. The molecule has 0 bridgehead atoms. The molecule has 0 heterocycles. The number of anilines is 1. The quantitative estimate of drug-likeness (QED) is 0.808. The van der Waals surface area contributed by atoms with Gasteiger partial charge in [-0.1, -0.05) is 25.3 Å². The van der Waals surface area contributed by atoms with E-state index in [0.29, 0.717) is 10.9 Å². The number of nitrogens with two attached hydrogens (primary N) is 1. The lowest BCUT2D eigenvalue weighted by Gasteiger charge is -2.21. The summed E-state index contributed by atoms with van der Waals surface area (Å²) in [5.74, 6) is -0.950. The number of hydrogen-bond donors (Lipinski definition) is 2. The number of rotatable bonds is 3. The van der Waals surface area contributed by atoms with Gasteiger partial charge in [0.05, 0.1) is 11.3 Å². The highest BCUT2D eigenvalue weighted by Crippen LogP contribution is 2.37. The van der Waals surface area contributed by atoms with Crippen molar-refractivity contribution in [3.05, 3.63) is 23.8 Å². The Hall–Kier alpha value is -1.16. The number of aromatic carboxylic acids is 1. The molecule has 4 heteroatoms. The van der Waals surface area contributed by atoms with Crippen molar-refractivity contribution in [1.29, 1.82) is 0 Å². The third kappa shape index (κ3) is 2.94. The molecule has 0 spiro atoms. The zero-order chi connectivity index (χ0) is 12.3. The molecule has 0 aliphatic heterocycles. The average Bonchev–Trinajstić information content (AvgIpc) is 2.33. The Labute approximate surface area is 105 Å². The average molecular weight is 251 g/mol. The monoisotopic (exact) mass is 251 g/mol. The van der Waals surface area contributed by atoms with E-state index in [0.717, 1.165) is 4.90 Å². The van der Waals surface area contributed by atoms with Gasteiger partial charge in [-0.05, 0) is 25.0 Å². The van der Waals surface area contributed by atoms with E-state index in [1.807, 2.05) is 6.07 Å². The molecule has 1 aliphatic carbocycles. The summed E-state index contributed by atoms with van der Waals surface area (Å²) in [4.78, 5) is 11.9. The van der Waals surface area contributed by atoms with Gasteiger partial charge in [-0.2, -0.15) is 0 Å². The van der Waals surface area contributed by atoms with Gasteiger partial charge in [0, 0.05) is 10.1 Å². The molecular weight excluding hydrogens is 234 g/mol. The van der Waals surface area contributed by atoms with Crippen LogP contribution in [-0.4, -0.2) is 16.3 Å². The minimum absolute atomic E-state index is 0.214. The molecule has 0 amide bonds. The van der Waals surface area contributed by atoms with Gasteiger partial charge in [-0.3, -0.25) is 0 Å². The van der Waals surface area contributed by atoms with Gasteiger partial charge in [0.2, 0.25) is 0 Å². The second-order valence-corrected chi connectivity index (χ2v) is 5.74. The minimum atomic E-state index is -0.950. The Morgan fingerprint density at radius 1 is 1.29 bits per heavy atom. The summed E-state index contributed by atoms with van der Waals surface area (Å²) in [7, 11) is 0. The summed E-state index contributed by atoms with van der Waals surface area (Å²) in [6, 6.07) is 5.24. The Kier molecular flexibility index (Phi) is 3.94. The maximum absolute atomic E-state index is 11.0. The van der Waals surface area contributed by atoms with E-state index in [-0.39, 0.29) is 5.56 Å². The molecule has 92 valence electrons. The molecule has 17 heavy (non-hydrogen) atoms. The van der Waals surface area contributed by atoms with Crippen molar-refractivity contribution in [3.8, 4) is 0 Å². The van der Waals surface area contributed by atoms with Crippen LogP contribution in [0.2, 0.25) is 0 Å². The van der Waals surface area contributed by atoms with E-state index < -0.39 is 5.97 Å². The predicted octanol–water partition coefficient (Wildman–Crippen LogP) is 3.39.